The van der Waals surface area contributed by atoms with E-state index in [-0.39, 0.29) is 12.6 Å². The molecule has 0 amide bonds. The summed E-state index contributed by atoms with van der Waals surface area (Å²) in [5, 5.41) is 17.5. The maximum absolute atomic E-state index is 10.8. The fourth-order valence-corrected chi connectivity index (χ4v) is 1.25. The van der Waals surface area contributed by atoms with E-state index in [4.69, 9.17) is 19.7 Å². The number of aliphatic carboxylic acids is 1. The molecule has 1 saturated heterocycles. The normalized spacial score (nSPS) is 23.7. The molecule has 1 fully saturated rings. The van der Waals surface area contributed by atoms with Crippen molar-refractivity contribution < 1.29 is 42.2 Å². The standard InChI is InChI=1S/C7H14NO3.C2HF3O2/c1-8(2-4-9)3-5-11-7(10)6-8;3-2(4,5)1(6)7/h9H,2-6H2,1H3;(H,6,7)/q+1;/p-1. The highest BCUT2D eigenvalue weighted by molar-refractivity contribution is 5.71. The molecule has 0 aliphatic carbocycles. The highest BCUT2D eigenvalue weighted by atomic mass is 19.4. The lowest BCUT2D eigenvalue weighted by Gasteiger charge is -2.35. The third-order valence-electron chi connectivity index (χ3n) is 2.28. The third kappa shape index (κ3) is 6.40. The molecule has 1 atom stereocenters. The van der Waals surface area contributed by atoms with Crippen molar-refractivity contribution >= 4 is 11.9 Å². The summed E-state index contributed by atoms with van der Waals surface area (Å²) in [5.74, 6) is -3.17. The Balaban J connectivity index is 0.000000360. The zero-order valence-corrected chi connectivity index (χ0v) is 9.70. The van der Waals surface area contributed by atoms with E-state index in [1.165, 1.54) is 0 Å². The molecule has 0 radical (unpaired) electrons. The molecule has 0 saturated carbocycles. The van der Waals surface area contributed by atoms with E-state index >= 15 is 0 Å². The fourth-order valence-electron chi connectivity index (χ4n) is 1.25. The van der Waals surface area contributed by atoms with Crippen LogP contribution in [0.15, 0.2) is 0 Å². The maximum Gasteiger partial charge on any atom is 0.430 e. The van der Waals surface area contributed by atoms with Crippen molar-refractivity contribution in [3.63, 3.8) is 0 Å². The van der Waals surface area contributed by atoms with Gasteiger partial charge in [0.2, 0.25) is 0 Å². The Morgan fingerprint density at radius 1 is 1.56 bits per heavy atom. The van der Waals surface area contributed by atoms with Gasteiger partial charge in [-0.05, 0) is 0 Å². The summed E-state index contributed by atoms with van der Waals surface area (Å²) < 4.78 is 36.9. The first-order valence-electron chi connectivity index (χ1n) is 4.99. The van der Waals surface area contributed by atoms with Crippen molar-refractivity contribution in [3.8, 4) is 0 Å². The number of quaternary nitrogens is 1. The molecule has 18 heavy (non-hydrogen) atoms. The number of aliphatic hydroxyl groups is 1. The minimum Gasteiger partial charge on any atom is -0.542 e. The number of hydrogen-bond acceptors (Lipinski definition) is 5. The number of aliphatic hydroxyl groups excluding tert-OH is 1. The number of rotatable bonds is 2. The van der Waals surface area contributed by atoms with E-state index in [0.717, 1.165) is 6.54 Å². The summed E-state index contributed by atoms with van der Waals surface area (Å²) in [4.78, 5) is 19.6. The van der Waals surface area contributed by atoms with Crippen molar-refractivity contribution in [2.75, 3.05) is 39.9 Å². The Kier molecular flexibility index (Phi) is 6.06. The van der Waals surface area contributed by atoms with Gasteiger partial charge in [0.1, 0.15) is 25.7 Å². The Hall–Kier alpha value is -1.35. The van der Waals surface area contributed by atoms with Crippen LogP contribution in [0.25, 0.3) is 0 Å². The van der Waals surface area contributed by atoms with Crippen LogP contribution in [-0.4, -0.2) is 67.6 Å². The van der Waals surface area contributed by atoms with Gasteiger partial charge in [-0.1, -0.05) is 0 Å². The van der Waals surface area contributed by atoms with E-state index in [2.05, 4.69) is 0 Å². The summed E-state index contributed by atoms with van der Waals surface area (Å²) in [6, 6.07) is 0. The lowest BCUT2D eigenvalue weighted by Crippen LogP contribution is -2.55. The number of carboxylic acid groups (broad SMARTS) is 1. The maximum atomic E-state index is 10.8. The number of hydrogen-bond donors (Lipinski definition) is 1. The number of halogens is 3. The van der Waals surface area contributed by atoms with Crippen molar-refractivity contribution in [1.29, 1.82) is 0 Å². The number of morpholine rings is 1. The van der Waals surface area contributed by atoms with E-state index in [1.807, 2.05) is 7.05 Å². The van der Waals surface area contributed by atoms with Crippen LogP contribution in [0.4, 0.5) is 13.2 Å². The van der Waals surface area contributed by atoms with E-state index in [0.29, 0.717) is 24.2 Å². The van der Waals surface area contributed by atoms with Gasteiger partial charge in [0, 0.05) is 0 Å². The molecule has 0 spiro atoms. The van der Waals surface area contributed by atoms with Gasteiger partial charge in [0.05, 0.1) is 13.7 Å². The average Bonchev–Trinajstić information content (AvgIpc) is 2.16. The fraction of sp³-hybridized carbons (Fsp3) is 0.778. The predicted octanol–water partition coefficient (Wildman–Crippen LogP) is -1.72. The van der Waals surface area contributed by atoms with Crippen LogP contribution in [0.2, 0.25) is 0 Å². The molecule has 9 heteroatoms. The number of cyclic esters (lactones) is 1. The number of carbonyl (C=O) groups is 2. The van der Waals surface area contributed by atoms with Gasteiger partial charge < -0.3 is 24.2 Å². The van der Waals surface area contributed by atoms with Gasteiger partial charge >= 0.3 is 12.1 Å². The zero-order chi connectivity index (χ0) is 14.4. The summed E-state index contributed by atoms with van der Waals surface area (Å²) >= 11 is 0. The van der Waals surface area contributed by atoms with Gasteiger partial charge in [-0.15, -0.1) is 0 Å². The molecule has 106 valence electrons. The summed E-state index contributed by atoms with van der Waals surface area (Å²) in [6.45, 7) is 2.45. The minimum atomic E-state index is -5.19. The number of nitrogens with zero attached hydrogens (tertiary/aromatic N) is 1. The number of esters is 1. The second kappa shape index (κ2) is 6.55. The van der Waals surface area contributed by atoms with Crippen LogP contribution in [0.1, 0.15) is 0 Å². The first-order valence-corrected chi connectivity index (χ1v) is 4.99. The quantitative estimate of drug-likeness (QED) is 0.478. The lowest BCUT2D eigenvalue weighted by molar-refractivity contribution is -0.907. The average molecular weight is 273 g/mol. The van der Waals surface area contributed by atoms with Crippen LogP contribution in [-0.2, 0) is 14.3 Å². The first-order chi connectivity index (χ1) is 8.10. The topological polar surface area (TPSA) is 86.7 Å². The molecule has 1 heterocycles. The van der Waals surface area contributed by atoms with Gasteiger partial charge in [-0.2, -0.15) is 13.2 Å². The molecular formula is C9H14F3NO5. The predicted molar refractivity (Wildman–Crippen MR) is 49.9 cm³/mol. The third-order valence-corrected chi connectivity index (χ3v) is 2.28. The van der Waals surface area contributed by atoms with Gasteiger partial charge in [-0.25, -0.2) is 4.79 Å². The lowest BCUT2D eigenvalue weighted by atomic mass is 10.3. The van der Waals surface area contributed by atoms with E-state index in [1.54, 1.807) is 0 Å². The van der Waals surface area contributed by atoms with Crippen molar-refractivity contribution in [2.24, 2.45) is 0 Å². The molecule has 6 nitrogen and oxygen atoms in total. The molecule has 1 unspecified atom stereocenters. The number of likely N-dealkylation sites (N-methyl/N-ethyl adjacent to an activating group) is 1. The van der Waals surface area contributed by atoms with Crippen LogP contribution in [0.3, 0.4) is 0 Å². The number of alkyl halides is 3. The van der Waals surface area contributed by atoms with E-state index in [9.17, 15) is 18.0 Å². The van der Waals surface area contributed by atoms with Crippen molar-refractivity contribution in [1.82, 2.24) is 0 Å². The Labute approximate surface area is 101 Å². The van der Waals surface area contributed by atoms with Crippen molar-refractivity contribution in [2.45, 2.75) is 6.18 Å². The molecule has 1 N–H and O–H groups in total. The molecule has 0 bridgehead atoms. The van der Waals surface area contributed by atoms with Gasteiger partial charge in [0.25, 0.3) is 0 Å². The van der Waals surface area contributed by atoms with Crippen molar-refractivity contribution in [3.05, 3.63) is 0 Å². The second-order valence-corrected chi connectivity index (χ2v) is 3.95. The Morgan fingerprint density at radius 3 is 2.39 bits per heavy atom. The summed E-state index contributed by atoms with van der Waals surface area (Å²) in [7, 11) is 1.96. The molecule has 0 aromatic rings. The molecule has 1 aliphatic heterocycles. The van der Waals surface area contributed by atoms with Crippen LogP contribution in [0, 0.1) is 0 Å². The van der Waals surface area contributed by atoms with Gasteiger partial charge in [0.15, 0.2) is 6.54 Å². The highest BCUT2D eigenvalue weighted by Gasteiger charge is 2.30. The molecule has 1 rings (SSSR count). The van der Waals surface area contributed by atoms with Gasteiger partial charge in [-0.3, -0.25) is 0 Å². The second-order valence-electron chi connectivity index (χ2n) is 3.95. The summed E-state index contributed by atoms with van der Waals surface area (Å²) in [6.07, 6.45) is -5.19. The SMILES string of the molecule is C[N+]1(CCO)CCOC(=O)C1.O=C([O-])C(F)(F)F. The monoisotopic (exact) mass is 273 g/mol. The number of carbonyl (C=O) groups excluding carboxylic acids is 2. The molecule has 0 aromatic heterocycles. The highest BCUT2D eigenvalue weighted by Crippen LogP contribution is 2.11. The molecule has 0 aromatic carbocycles. The van der Waals surface area contributed by atoms with Crippen LogP contribution >= 0.6 is 0 Å². The molecule has 1 aliphatic rings. The summed E-state index contributed by atoms with van der Waals surface area (Å²) in [5.41, 5.74) is 0. The van der Waals surface area contributed by atoms with E-state index < -0.39 is 12.1 Å². The first kappa shape index (κ1) is 16.6. The molecular weight excluding hydrogens is 259 g/mol. The number of carboxylic acids is 1. The minimum absolute atomic E-state index is 0.129. The number of ether oxygens (including phenoxy) is 1. The van der Waals surface area contributed by atoms with Crippen LogP contribution in [0.5, 0.6) is 0 Å². The smallest absolute Gasteiger partial charge is 0.430 e. The Morgan fingerprint density at radius 2 is 2.06 bits per heavy atom. The largest absolute Gasteiger partial charge is 0.542 e. The van der Waals surface area contributed by atoms with Crippen LogP contribution < -0.4 is 5.11 Å². The zero-order valence-electron chi connectivity index (χ0n) is 9.70. The Bertz CT molecular complexity index is 303.